The number of aromatic nitrogens is 1. The number of anilines is 1. The molecule has 4 rings (SSSR count). The second-order valence-electron chi connectivity index (χ2n) is 6.89. The van der Waals surface area contributed by atoms with Crippen LogP contribution in [0.2, 0.25) is 0 Å². The molecule has 1 heterocycles. The van der Waals surface area contributed by atoms with E-state index in [2.05, 4.69) is 23.4 Å². The van der Waals surface area contributed by atoms with Gasteiger partial charge in [-0.25, -0.2) is 0 Å². The molecule has 3 heteroatoms. The lowest BCUT2D eigenvalue weighted by atomic mass is 9.88. The van der Waals surface area contributed by atoms with Crippen molar-refractivity contribution in [3.05, 3.63) is 46.8 Å². The fraction of sp³-hybridized carbons (Fsp3) is 0.526. The Labute approximate surface area is 131 Å². The molecule has 1 aromatic carbocycles. The van der Waals surface area contributed by atoms with E-state index in [1.54, 1.807) is 6.26 Å². The van der Waals surface area contributed by atoms with Crippen LogP contribution in [-0.4, -0.2) is 5.16 Å². The van der Waals surface area contributed by atoms with Crippen LogP contribution in [0.1, 0.15) is 79.2 Å². The highest BCUT2D eigenvalue weighted by atomic mass is 16.5. The fourth-order valence-corrected chi connectivity index (χ4v) is 4.29. The molecular formula is C19H24N2O. The van der Waals surface area contributed by atoms with Gasteiger partial charge in [0.1, 0.15) is 12.0 Å². The van der Waals surface area contributed by atoms with Crippen LogP contribution in [0.3, 0.4) is 0 Å². The monoisotopic (exact) mass is 296 g/mol. The van der Waals surface area contributed by atoms with Crippen molar-refractivity contribution in [1.82, 2.24) is 5.16 Å². The number of nitrogens with zero attached hydrogens (tertiary/aromatic N) is 1. The summed E-state index contributed by atoms with van der Waals surface area (Å²) < 4.78 is 5.06. The van der Waals surface area contributed by atoms with Crippen LogP contribution in [0.15, 0.2) is 29.0 Å². The lowest BCUT2D eigenvalue weighted by molar-refractivity contribution is 0.408. The molecule has 1 aromatic heterocycles. The third-order valence-electron chi connectivity index (χ3n) is 5.53. The van der Waals surface area contributed by atoms with Gasteiger partial charge in [-0.1, -0.05) is 49.0 Å². The summed E-state index contributed by atoms with van der Waals surface area (Å²) in [5.41, 5.74) is 12.1. The molecule has 2 aromatic rings. The van der Waals surface area contributed by atoms with Crippen LogP contribution in [0.5, 0.6) is 0 Å². The quantitative estimate of drug-likeness (QED) is 0.812. The third-order valence-corrected chi connectivity index (χ3v) is 5.53. The van der Waals surface area contributed by atoms with E-state index in [1.165, 1.54) is 55.2 Å². The molecule has 116 valence electrons. The zero-order valence-electron chi connectivity index (χ0n) is 13.1. The maximum Gasteiger partial charge on any atom is 0.147 e. The van der Waals surface area contributed by atoms with Gasteiger partial charge in [0, 0.05) is 5.92 Å². The highest BCUT2D eigenvalue weighted by molar-refractivity contribution is 5.50. The molecule has 2 N–H and O–H groups in total. The molecular weight excluding hydrogens is 272 g/mol. The summed E-state index contributed by atoms with van der Waals surface area (Å²) in [6.07, 6.45) is 12.0. The lowest BCUT2D eigenvalue weighted by Gasteiger charge is -2.17. The van der Waals surface area contributed by atoms with Crippen LogP contribution in [-0.2, 0) is 6.42 Å². The Balaban J connectivity index is 1.66. The predicted octanol–water partition coefficient (Wildman–Crippen LogP) is 4.77. The van der Waals surface area contributed by atoms with Gasteiger partial charge in [0.2, 0.25) is 0 Å². The highest BCUT2D eigenvalue weighted by Crippen LogP contribution is 2.42. The van der Waals surface area contributed by atoms with Crippen molar-refractivity contribution < 1.29 is 4.52 Å². The number of benzene rings is 1. The van der Waals surface area contributed by atoms with Gasteiger partial charge in [-0.05, 0) is 48.3 Å². The molecule has 0 bridgehead atoms. The first-order chi connectivity index (χ1) is 10.8. The number of hydrogen-bond donors (Lipinski definition) is 1. The molecule has 3 nitrogen and oxygen atoms in total. The largest absolute Gasteiger partial charge is 0.395 e. The molecule has 0 spiro atoms. The van der Waals surface area contributed by atoms with Crippen molar-refractivity contribution in [3.63, 3.8) is 0 Å². The minimum absolute atomic E-state index is 0.319. The zero-order chi connectivity index (χ0) is 14.9. The Morgan fingerprint density at radius 3 is 2.59 bits per heavy atom. The zero-order valence-corrected chi connectivity index (χ0v) is 13.1. The van der Waals surface area contributed by atoms with Gasteiger partial charge in [0.15, 0.2) is 0 Å². The van der Waals surface area contributed by atoms with Crippen LogP contribution < -0.4 is 5.73 Å². The Bertz CT molecular complexity index is 653. The second kappa shape index (κ2) is 5.79. The second-order valence-corrected chi connectivity index (χ2v) is 6.89. The SMILES string of the molecule is Nc1conc1C1CCc2ccc(C3CCCCCC3)cc21. The van der Waals surface area contributed by atoms with Gasteiger partial charge in [-0.2, -0.15) is 0 Å². The van der Waals surface area contributed by atoms with Crippen molar-refractivity contribution in [1.29, 1.82) is 0 Å². The smallest absolute Gasteiger partial charge is 0.147 e. The Kier molecular flexibility index (Phi) is 3.65. The summed E-state index contributed by atoms with van der Waals surface area (Å²) in [4.78, 5) is 0. The van der Waals surface area contributed by atoms with Gasteiger partial charge >= 0.3 is 0 Å². The number of aryl methyl sites for hydroxylation is 1. The van der Waals surface area contributed by atoms with Gasteiger partial charge < -0.3 is 10.3 Å². The van der Waals surface area contributed by atoms with E-state index in [9.17, 15) is 0 Å². The number of nitrogen functional groups attached to an aromatic ring is 1. The van der Waals surface area contributed by atoms with Crippen LogP contribution in [0.25, 0.3) is 0 Å². The average Bonchev–Trinajstić information content (AvgIpc) is 3.03. The van der Waals surface area contributed by atoms with E-state index in [0.717, 1.165) is 24.5 Å². The van der Waals surface area contributed by atoms with E-state index in [-0.39, 0.29) is 0 Å². The minimum Gasteiger partial charge on any atom is -0.395 e. The van der Waals surface area contributed by atoms with Crippen molar-refractivity contribution in [2.24, 2.45) is 0 Å². The Morgan fingerprint density at radius 1 is 1.05 bits per heavy atom. The number of rotatable bonds is 2. The minimum atomic E-state index is 0.319. The fourth-order valence-electron chi connectivity index (χ4n) is 4.29. The predicted molar refractivity (Wildman–Crippen MR) is 88.0 cm³/mol. The average molecular weight is 296 g/mol. The Morgan fingerprint density at radius 2 is 1.86 bits per heavy atom. The Hall–Kier alpha value is -1.77. The molecule has 2 aliphatic carbocycles. The van der Waals surface area contributed by atoms with Crippen LogP contribution in [0.4, 0.5) is 5.69 Å². The van der Waals surface area contributed by atoms with Crippen LogP contribution in [0, 0.1) is 0 Å². The molecule has 0 saturated heterocycles. The summed E-state index contributed by atoms with van der Waals surface area (Å²) >= 11 is 0. The normalized spacial score (nSPS) is 22.5. The molecule has 1 unspecified atom stereocenters. The number of fused-ring (bicyclic) bond motifs is 1. The standard InChI is InChI=1S/C19H24N2O/c20-18-12-22-21-19(18)16-10-9-14-7-8-15(11-17(14)16)13-5-3-1-2-4-6-13/h7-8,11-13,16H,1-6,9-10,20H2. The molecule has 0 radical (unpaired) electrons. The van der Waals surface area contributed by atoms with E-state index >= 15 is 0 Å². The third kappa shape index (κ3) is 2.43. The topological polar surface area (TPSA) is 52.0 Å². The van der Waals surface area contributed by atoms with Gasteiger partial charge in [0.25, 0.3) is 0 Å². The molecule has 1 atom stereocenters. The van der Waals surface area contributed by atoms with Crippen molar-refractivity contribution in [2.75, 3.05) is 5.73 Å². The highest BCUT2D eigenvalue weighted by Gasteiger charge is 2.29. The maximum atomic E-state index is 6.02. The molecule has 0 amide bonds. The first-order valence-corrected chi connectivity index (χ1v) is 8.65. The van der Waals surface area contributed by atoms with Gasteiger partial charge in [-0.15, -0.1) is 0 Å². The van der Waals surface area contributed by atoms with Crippen molar-refractivity contribution in [3.8, 4) is 0 Å². The molecule has 0 aliphatic heterocycles. The lowest BCUT2D eigenvalue weighted by Crippen LogP contribution is -2.03. The van der Waals surface area contributed by atoms with E-state index in [4.69, 9.17) is 10.3 Å². The summed E-state index contributed by atoms with van der Waals surface area (Å²) in [5.74, 6) is 1.06. The van der Waals surface area contributed by atoms with Crippen LogP contribution >= 0.6 is 0 Å². The number of hydrogen-bond acceptors (Lipinski definition) is 3. The summed E-state index contributed by atoms with van der Waals surface area (Å²) in [6, 6.07) is 7.15. The summed E-state index contributed by atoms with van der Waals surface area (Å²) in [5, 5.41) is 4.15. The maximum absolute atomic E-state index is 6.02. The summed E-state index contributed by atoms with van der Waals surface area (Å²) in [7, 11) is 0. The van der Waals surface area contributed by atoms with Crippen molar-refractivity contribution >= 4 is 5.69 Å². The molecule has 1 saturated carbocycles. The first-order valence-electron chi connectivity index (χ1n) is 8.65. The number of nitrogens with two attached hydrogens (primary N) is 1. The molecule has 1 fully saturated rings. The van der Waals surface area contributed by atoms with Gasteiger partial charge in [-0.3, -0.25) is 0 Å². The summed E-state index contributed by atoms with van der Waals surface area (Å²) in [6.45, 7) is 0. The van der Waals surface area contributed by atoms with Gasteiger partial charge in [0.05, 0.1) is 5.69 Å². The van der Waals surface area contributed by atoms with E-state index in [1.807, 2.05) is 0 Å². The molecule has 22 heavy (non-hydrogen) atoms. The van der Waals surface area contributed by atoms with Crippen molar-refractivity contribution in [2.45, 2.75) is 63.2 Å². The molecule has 2 aliphatic rings. The first kappa shape index (κ1) is 13.9. The van der Waals surface area contributed by atoms with E-state index < -0.39 is 0 Å². The van der Waals surface area contributed by atoms with E-state index in [0.29, 0.717) is 11.6 Å².